The lowest BCUT2D eigenvalue weighted by Gasteiger charge is -2.35. The minimum Gasteiger partial charge on any atom is -0.369 e. The highest BCUT2D eigenvalue weighted by atomic mass is 35.5. The van der Waals surface area contributed by atoms with E-state index in [0.29, 0.717) is 17.2 Å². The monoisotopic (exact) mass is 330 g/mol. The summed E-state index contributed by atoms with van der Waals surface area (Å²) in [6, 6.07) is 7.29. The molecule has 0 bridgehead atoms. The van der Waals surface area contributed by atoms with Crippen molar-refractivity contribution in [3.05, 3.63) is 24.3 Å². The Labute approximate surface area is 132 Å². The molecule has 2 rings (SSSR count). The molecule has 0 spiro atoms. The van der Waals surface area contributed by atoms with Crippen molar-refractivity contribution in [2.75, 3.05) is 49.3 Å². The Balaban J connectivity index is 2.00. The van der Waals surface area contributed by atoms with Gasteiger partial charge in [0.2, 0.25) is 0 Å². The molecule has 4 nitrogen and oxygen atoms in total. The fourth-order valence-electron chi connectivity index (χ4n) is 2.60. The van der Waals surface area contributed by atoms with Gasteiger partial charge in [0.25, 0.3) is 0 Å². The molecule has 0 unspecified atom stereocenters. The van der Waals surface area contributed by atoms with E-state index in [1.807, 2.05) is 19.1 Å². The first-order chi connectivity index (χ1) is 10.1. The molecule has 0 N–H and O–H groups in total. The molecular formula is C15H23ClN2O2S. The van der Waals surface area contributed by atoms with Gasteiger partial charge in [-0.2, -0.15) is 0 Å². The number of halogens is 1. The second-order valence-corrected chi connectivity index (χ2v) is 7.82. The normalized spacial score (nSPS) is 17.1. The number of hydrogen-bond acceptors (Lipinski definition) is 4. The van der Waals surface area contributed by atoms with E-state index < -0.39 is 9.84 Å². The van der Waals surface area contributed by atoms with E-state index in [4.69, 9.17) is 11.6 Å². The van der Waals surface area contributed by atoms with Crippen molar-refractivity contribution in [3.8, 4) is 0 Å². The summed E-state index contributed by atoms with van der Waals surface area (Å²) in [5.41, 5.74) is 1.09. The third-order valence-corrected chi connectivity index (χ3v) is 5.91. The maximum atomic E-state index is 12.0. The first-order valence-electron chi connectivity index (χ1n) is 7.43. The Morgan fingerprint density at radius 1 is 1.10 bits per heavy atom. The Morgan fingerprint density at radius 2 is 1.71 bits per heavy atom. The second kappa shape index (κ2) is 7.47. The van der Waals surface area contributed by atoms with Crippen LogP contribution in [0, 0.1) is 0 Å². The molecule has 1 fully saturated rings. The van der Waals surface area contributed by atoms with Gasteiger partial charge in [-0.15, -0.1) is 11.6 Å². The zero-order chi connectivity index (χ0) is 15.3. The summed E-state index contributed by atoms with van der Waals surface area (Å²) in [5, 5.41) is 0. The van der Waals surface area contributed by atoms with Gasteiger partial charge in [-0.1, -0.05) is 6.92 Å². The lowest BCUT2D eigenvalue weighted by Crippen LogP contribution is -2.46. The van der Waals surface area contributed by atoms with Gasteiger partial charge < -0.3 is 4.90 Å². The molecule has 1 heterocycles. The Kier molecular flexibility index (Phi) is 5.90. The van der Waals surface area contributed by atoms with E-state index >= 15 is 0 Å². The van der Waals surface area contributed by atoms with Crippen LogP contribution in [0.5, 0.6) is 0 Å². The molecule has 1 aromatic carbocycles. The lowest BCUT2D eigenvalue weighted by molar-refractivity contribution is 0.272. The van der Waals surface area contributed by atoms with Gasteiger partial charge in [0, 0.05) is 44.3 Å². The van der Waals surface area contributed by atoms with Gasteiger partial charge in [-0.05, 0) is 30.7 Å². The standard InChI is InChI=1S/C15H23ClN2O2S/c1-2-13-21(19,20)15-5-3-14(4-6-15)18-11-9-17(8-7-16)10-12-18/h3-6H,2,7-13H2,1H3. The number of piperazine rings is 1. The first-order valence-corrected chi connectivity index (χ1v) is 9.61. The van der Waals surface area contributed by atoms with Gasteiger partial charge in [0.1, 0.15) is 0 Å². The van der Waals surface area contributed by atoms with E-state index in [0.717, 1.165) is 38.4 Å². The van der Waals surface area contributed by atoms with Crippen molar-refractivity contribution in [1.29, 1.82) is 0 Å². The molecule has 0 aromatic heterocycles. The molecule has 0 saturated carbocycles. The zero-order valence-corrected chi connectivity index (χ0v) is 14.0. The molecule has 0 radical (unpaired) electrons. The van der Waals surface area contributed by atoms with Crippen LogP contribution in [-0.4, -0.2) is 57.7 Å². The van der Waals surface area contributed by atoms with E-state index in [2.05, 4.69) is 9.80 Å². The smallest absolute Gasteiger partial charge is 0.178 e. The highest BCUT2D eigenvalue weighted by Crippen LogP contribution is 2.20. The third kappa shape index (κ3) is 4.34. The summed E-state index contributed by atoms with van der Waals surface area (Å²) < 4.78 is 24.0. The third-order valence-electron chi connectivity index (χ3n) is 3.81. The Hall–Kier alpha value is -0.780. The molecular weight excluding hydrogens is 308 g/mol. The predicted octanol–water partition coefficient (Wildman–Crippen LogP) is 2.23. The summed E-state index contributed by atoms with van der Waals surface area (Å²) in [5.74, 6) is 0.882. The summed E-state index contributed by atoms with van der Waals surface area (Å²) in [6.07, 6.45) is 0.645. The molecule has 1 aliphatic heterocycles. The van der Waals surface area contributed by atoms with E-state index in [1.165, 1.54) is 0 Å². The maximum absolute atomic E-state index is 12.0. The molecule has 0 amide bonds. The summed E-state index contributed by atoms with van der Waals surface area (Å²) in [6.45, 7) is 6.73. The largest absolute Gasteiger partial charge is 0.369 e. The first kappa shape index (κ1) is 16.6. The van der Waals surface area contributed by atoms with Crippen LogP contribution in [0.15, 0.2) is 29.2 Å². The molecule has 0 aliphatic carbocycles. The Bertz CT molecular complexity index is 537. The molecule has 0 atom stereocenters. The van der Waals surface area contributed by atoms with Crippen LogP contribution < -0.4 is 4.90 Å². The van der Waals surface area contributed by atoms with Crippen LogP contribution in [0.2, 0.25) is 0 Å². The molecule has 118 valence electrons. The maximum Gasteiger partial charge on any atom is 0.178 e. The predicted molar refractivity (Wildman–Crippen MR) is 88.2 cm³/mol. The lowest BCUT2D eigenvalue weighted by atomic mass is 10.2. The van der Waals surface area contributed by atoms with Crippen molar-refractivity contribution in [2.24, 2.45) is 0 Å². The van der Waals surface area contributed by atoms with Gasteiger partial charge in [0.05, 0.1) is 10.6 Å². The summed E-state index contributed by atoms with van der Waals surface area (Å²) in [4.78, 5) is 5.07. The quantitative estimate of drug-likeness (QED) is 0.750. The molecule has 1 aliphatic rings. The van der Waals surface area contributed by atoms with Gasteiger partial charge in [-0.25, -0.2) is 8.42 Å². The summed E-state index contributed by atoms with van der Waals surface area (Å²) in [7, 11) is -3.12. The van der Waals surface area contributed by atoms with Crippen molar-refractivity contribution in [3.63, 3.8) is 0 Å². The van der Waals surface area contributed by atoms with Crippen molar-refractivity contribution in [1.82, 2.24) is 4.90 Å². The number of anilines is 1. The topological polar surface area (TPSA) is 40.6 Å². The van der Waals surface area contributed by atoms with Crippen molar-refractivity contribution < 1.29 is 8.42 Å². The molecule has 6 heteroatoms. The van der Waals surface area contributed by atoms with Crippen LogP contribution >= 0.6 is 11.6 Å². The fourth-order valence-corrected chi connectivity index (χ4v) is 4.16. The van der Waals surface area contributed by atoms with Crippen LogP contribution in [0.3, 0.4) is 0 Å². The zero-order valence-electron chi connectivity index (χ0n) is 12.5. The van der Waals surface area contributed by atoms with E-state index in [-0.39, 0.29) is 5.75 Å². The minimum absolute atomic E-state index is 0.212. The van der Waals surface area contributed by atoms with Gasteiger partial charge in [-0.3, -0.25) is 4.90 Å². The highest BCUT2D eigenvalue weighted by Gasteiger charge is 2.18. The van der Waals surface area contributed by atoms with Crippen LogP contribution in [0.25, 0.3) is 0 Å². The number of rotatable bonds is 6. The SMILES string of the molecule is CCCS(=O)(=O)c1ccc(N2CCN(CCCl)CC2)cc1. The van der Waals surface area contributed by atoms with Crippen molar-refractivity contribution >= 4 is 27.1 Å². The van der Waals surface area contributed by atoms with E-state index in [9.17, 15) is 8.42 Å². The summed E-state index contributed by atoms with van der Waals surface area (Å²) >= 11 is 5.76. The van der Waals surface area contributed by atoms with E-state index in [1.54, 1.807) is 12.1 Å². The average Bonchev–Trinajstić information content (AvgIpc) is 2.48. The molecule has 1 aromatic rings. The highest BCUT2D eigenvalue weighted by molar-refractivity contribution is 7.91. The van der Waals surface area contributed by atoms with Crippen molar-refractivity contribution in [2.45, 2.75) is 18.2 Å². The molecule has 21 heavy (non-hydrogen) atoms. The minimum atomic E-state index is -3.12. The molecule has 1 saturated heterocycles. The fraction of sp³-hybridized carbons (Fsp3) is 0.600. The van der Waals surface area contributed by atoms with Gasteiger partial charge in [0.15, 0.2) is 9.84 Å². The van der Waals surface area contributed by atoms with Crippen LogP contribution in [-0.2, 0) is 9.84 Å². The Morgan fingerprint density at radius 3 is 2.24 bits per heavy atom. The number of benzene rings is 1. The number of hydrogen-bond donors (Lipinski definition) is 0. The van der Waals surface area contributed by atoms with Gasteiger partial charge >= 0.3 is 0 Å². The number of sulfone groups is 1. The van der Waals surface area contributed by atoms with Crippen LogP contribution in [0.4, 0.5) is 5.69 Å². The number of nitrogens with zero attached hydrogens (tertiary/aromatic N) is 2. The van der Waals surface area contributed by atoms with Crippen LogP contribution in [0.1, 0.15) is 13.3 Å². The number of alkyl halides is 1. The second-order valence-electron chi connectivity index (χ2n) is 5.33. The average molecular weight is 331 g/mol.